The highest BCUT2D eigenvalue weighted by Crippen LogP contribution is 2.28. The average Bonchev–Trinajstić information content (AvgIpc) is 2.65. The molecule has 6 nitrogen and oxygen atoms in total. The summed E-state index contributed by atoms with van der Waals surface area (Å²) >= 11 is 0. The van der Waals surface area contributed by atoms with E-state index in [0.29, 0.717) is 17.9 Å². The van der Waals surface area contributed by atoms with Crippen LogP contribution < -0.4 is 10.9 Å². The molecule has 0 aliphatic carbocycles. The van der Waals surface area contributed by atoms with E-state index in [9.17, 15) is 9.59 Å². The molecule has 26 heavy (non-hydrogen) atoms. The molecule has 2 aromatic heterocycles. The Morgan fingerprint density at radius 2 is 1.88 bits per heavy atom. The van der Waals surface area contributed by atoms with Gasteiger partial charge in [-0.1, -0.05) is 30.3 Å². The first-order chi connectivity index (χ1) is 12.5. The number of hydrogen-bond acceptors (Lipinski definition) is 5. The monoisotopic (exact) mass is 348 g/mol. The van der Waals surface area contributed by atoms with Crippen molar-refractivity contribution < 1.29 is 4.79 Å². The Morgan fingerprint density at radius 1 is 1.15 bits per heavy atom. The average molecular weight is 348 g/mol. The highest BCUT2D eigenvalue weighted by atomic mass is 16.1. The van der Waals surface area contributed by atoms with Crippen LogP contribution in [0.2, 0.25) is 0 Å². The highest BCUT2D eigenvalue weighted by Gasteiger charge is 2.22. The summed E-state index contributed by atoms with van der Waals surface area (Å²) in [5.41, 5.74) is 2.87. The van der Waals surface area contributed by atoms with E-state index < -0.39 is 0 Å². The molecule has 132 valence electrons. The second-order valence-corrected chi connectivity index (χ2v) is 5.90. The summed E-state index contributed by atoms with van der Waals surface area (Å²) < 4.78 is 1.36. The van der Waals surface area contributed by atoms with Crippen molar-refractivity contribution in [1.29, 1.82) is 0 Å². The SMILES string of the molecule is CCn1nc(-c2ccccc2)c(C(C)=O)c(Nc2cccnc2C)c1=O. The fourth-order valence-corrected chi connectivity index (χ4v) is 2.79. The third-order valence-electron chi connectivity index (χ3n) is 4.12. The van der Waals surface area contributed by atoms with Gasteiger partial charge in [0.05, 0.1) is 16.9 Å². The van der Waals surface area contributed by atoms with Crippen LogP contribution >= 0.6 is 0 Å². The van der Waals surface area contributed by atoms with Crippen LogP contribution in [0.1, 0.15) is 29.9 Å². The van der Waals surface area contributed by atoms with Gasteiger partial charge in [0, 0.05) is 18.3 Å². The molecular weight excluding hydrogens is 328 g/mol. The Kier molecular flexibility index (Phi) is 4.93. The number of benzene rings is 1. The predicted octanol–water partition coefficient (Wildman–Crippen LogP) is 3.58. The number of Topliss-reactive ketones (excluding diaryl/α,β-unsaturated/α-hetero) is 1. The molecule has 0 aliphatic rings. The number of carbonyl (C=O) groups is 1. The molecule has 0 bridgehead atoms. The van der Waals surface area contributed by atoms with Crippen molar-refractivity contribution in [3.05, 3.63) is 70.3 Å². The van der Waals surface area contributed by atoms with E-state index in [2.05, 4.69) is 15.4 Å². The van der Waals surface area contributed by atoms with Gasteiger partial charge >= 0.3 is 0 Å². The van der Waals surface area contributed by atoms with Gasteiger partial charge in [-0.05, 0) is 32.9 Å². The maximum Gasteiger partial charge on any atom is 0.291 e. The second kappa shape index (κ2) is 7.31. The first-order valence-corrected chi connectivity index (χ1v) is 8.43. The van der Waals surface area contributed by atoms with Crippen molar-refractivity contribution in [3.63, 3.8) is 0 Å². The maximum atomic E-state index is 12.9. The standard InChI is InChI=1S/C20H20N4O2/c1-4-24-20(26)19(22-16-11-8-12-21-13(16)2)17(14(3)25)18(23-24)15-9-6-5-7-10-15/h5-12,22H,4H2,1-3H3. The fourth-order valence-electron chi connectivity index (χ4n) is 2.79. The largest absolute Gasteiger partial charge is 0.349 e. The quantitative estimate of drug-likeness (QED) is 0.713. The van der Waals surface area contributed by atoms with Crippen LogP contribution in [0.5, 0.6) is 0 Å². The third-order valence-corrected chi connectivity index (χ3v) is 4.12. The molecule has 2 heterocycles. The van der Waals surface area contributed by atoms with E-state index in [1.165, 1.54) is 11.6 Å². The Labute approximate surface area is 151 Å². The lowest BCUT2D eigenvalue weighted by molar-refractivity contribution is 0.101. The van der Waals surface area contributed by atoms with Gasteiger partial charge in [0.1, 0.15) is 11.4 Å². The molecule has 0 atom stereocenters. The summed E-state index contributed by atoms with van der Waals surface area (Å²) in [6.07, 6.45) is 1.68. The summed E-state index contributed by atoms with van der Waals surface area (Å²) in [5, 5.41) is 7.55. The number of hydrogen-bond donors (Lipinski definition) is 1. The number of aryl methyl sites for hydroxylation is 2. The van der Waals surface area contributed by atoms with Crippen LogP contribution in [0.25, 0.3) is 11.3 Å². The molecule has 1 aromatic carbocycles. The molecule has 0 aliphatic heterocycles. The third kappa shape index (κ3) is 3.26. The predicted molar refractivity (Wildman–Crippen MR) is 102 cm³/mol. The molecule has 0 amide bonds. The van der Waals surface area contributed by atoms with Crippen molar-refractivity contribution in [2.45, 2.75) is 27.3 Å². The maximum absolute atomic E-state index is 12.9. The van der Waals surface area contributed by atoms with Gasteiger partial charge in [-0.25, -0.2) is 4.68 Å². The molecular formula is C20H20N4O2. The highest BCUT2D eigenvalue weighted by molar-refractivity contribution is 6.05. The van der Waals surface area contributed by atoms with Crippen LogP contribution in [0, 0.1) is 6.92 Å². The van der Waals surface area contributed by atoms with Gasteiger partial charge in [-0.3, -0.25) is 14.6 Å². The zero-order valence-electron chi connectivity index (χ0n) is 15.0. The summed E-state index contributed by atoms with van der Waals surface area (Å²) in [6, 6.07) is 13.0. The second-order valence-electron chi connectivity index (χ2n) is 5.90. The Morgan fingerprint density at radius 3 is 2.50 bits per heavy atom. The molecule has 0 spiro atoms. The minimum atomic E-state index is -0.333. The van der Waals surface area contributed by atoms with Gasteiger partial charge in [-0.15, -0.1) is 0 Å². The molecule has 6 heteroatoms. The van der Waals surface area contributed by atoms with E-state index in [0.717, 1.165) is 11.3 Å². The zero-order valence-corrected chi connectivity index (χ0v) is 15.0. The first-order valence-electron chi connectivity index (χ1n) is 8.43. The number of carbonyl (C=O) groups excluding carboxylic acids is 1. The lowest BCUT2D eigenvalue weighted by atomic mass is 10.0. The minimum Gasteiger partial charge on any atom is -0.349 e. The minimum absolute atomic E-state index is 0.222. The summed E-state index contributed by atoms with van der Waals surface area (Å²) in [5.74, 6) is -0.222. The summed E-state index contributed by atoms with van der Waals surface area (Å²) in [4.78, 5) is 29.6. The van der Waals surface area contributed by atoms with Crippen molar-refractivity contribution in [3.8, 4) is 11.3 Å². The Bertz CT molecular complexity index is 1010. The lowest BCUT2D eigenvalue weighted by Gasteiger charge is -2.16. The van der Waals surface area contributed by atoms with E-state index >= 15 is 0 Å². The molecule has 0 saturated heterocycles. The number of nitrogens with one attached hydrogen (secondary N) is 1. The van der Waals surface area contributed by atoms with Crippen molar-refractivity contribution in [2.24, 2.45) is 0 Å². The Balaban J connectivity index is 2.30. The lowest BCUT2D eigenvalue weighted by Crippen LogP contribution is -2.28. The first kappa shape index (κ1) is 17.5. The topological polar surface area (TPSA) is 76.9 Å². The van der Waals surface area contributed by atoms with Crippen molar-refractivity contribution in [2.75, 3.05) is 5.32 Å². The number of anilines is 2. The van der Waals surface area contributed by atoms with Crippen molar-refractivity contribution >= 4 is 17.2 Å². The molecule has 1 N–H and O–H groups in total. The van der Waals surface area contributed by atoms with Gasteiger partial charge in [0.15, 0.2) is 5.78 Å². The van der Waals surface area contributed by atoms with Gasteiger partial charge in [-0.2, -0.15) is 5.10 Å². The Hall–Kier alpha value is -3.28. The van der Waals surface area contributed by atoms with Crippen LogP contribution in [0.15, 0.2) is 53.5 Å². The van der Waals surface area contributed by atoms with Crippen LogP contribution in [0.4, 0.5) is 11.4 Å². The molecule has 3 aromatic rings. The van der Waals surface area contributed by atoms with E-state index in [4.69, 9.17) is 0 Å². The number of rotatable bonds is 5. The molecule has 0 unspecified atom stereocenters. The summed E-state index contributed by atoms with van der Waals surface area (Å²) in [7, 11) is 0. The molecule has 0 fully saturated rings. The normalized spacial score (nSPS) is 10.6. The molecule has 0 saturated carbocycles. The van der Waals surface area contributed by atoms with Crippen LogP contribution in [-0.4, -0.2) is 20.5 Å². The fraction of sp³-hybridized carbons (Fsp3) is 0.200. The molecule has 3 rings (SSSR count). The van der Waals surface area contributed by atoms with Crippen molar-refractivity contribution in [1.82, 2.24) is 14.8 Å². The van der Waals surface area contributed by atoms with Gasteiger partial charge < -0.3 is 5.32 Å². The van der Waals surface area contributed by atoms with E-state index in [1.54, 1.807) is 12.3 Å². The summed E-state index contributed by atoms with van der Waals surface area (Å²) in [6.45, 7) is 5.53. The number of ketones is 1. The van der Waals surface area contributed by atoms with E-state index in [1.807, 2.05) is 50.2 Å². The number of nitrogens with zero attached hydrogens (tertiary/aromatic N) is 3. The van der Waals surface area contributed by atoms with Gasteiger partial charge in [0.25, 0.3) is 5.56 Å². The number of pyridine rings is 1. The number of aromatic nitrogens is 3. The smallest absolute Gasteiger partial charge is 0.291 e. The van der Waals surface area contributed by atoms with Crippen LogP contribution in [0.3, 0.4) is 0 Å². The van der Waals surface area contributed by atoms with E-state index in [-0.39, 0.29) is 22.6 Å². The van der Waals surface area contributed by atoms with Gasteiger partial charge in [0.2, 0.25) is 0 Å². The van der Waals surface area contributed by atoms with Crippen LogP contribution in [-0.2, 0) is 6.54 Å². The molecule has 0 radical (unpaired) electrons. The zero-order chi connectivity index (χ0) is 18.7.